The fourth-order valence-electron chi connectivity index (χ4n) is 3.91. The van der Waals surface area contributed by atoms with Gasteiger partial charge in [0.1, 0.15) is 59.8 Å². The molecule has 3 rings (SSSR count). The quantitative estimate of drug-likeness (QED) is 0.174. The molecule has 11 nitrogen and oxygen atoms in total. The topological polar surface area (TPSA) is 171 Å². The Morgan fingerprint density at radius 3 is 2.56 bits per heavy atom. The Morgan fingerprint density at radius 1 is 1.18 bits per heavy atom. The Bertz CT molecular complexity index is 1030. The van der Waals surface area contributed by atoms with Crippen molar-refractivity contribution in [3.05, 3.63) is 39.7 Å². The van der Waals surface area contributed by atoms with Gasteiger partial charge in [-0.1, -0.05) is 0 Å². The molecule has 190 valence electrons. The maximum atomic E-state index is 12.4. The molecule has 6 atom stereocenters. The average molecular weight is 484 g/mol. The minimum absolute atomic E-state index is 0.167. The molecule has 6 unspecified atom stereocenters. The van der Waals surface area contributed by atoms with E-state index in [0.29, 0.717) is 41.9 Å². The van der Waals surface area contributed by atoms with Crippen molar-refractivity contribution in [1.29, 1.82) is 0 Å². The van der Waals surface area contributed by atoms with Crippen LogP contribution in [0.5, 0.6) is 5.75 Å². The summed E-state index contributed by atoms with van der Waals surface area (Å²) in [6.45, 7) is 2.87. The minimum Gasteiger partial charge on any atom is -0.484 e. The van der Waals surface area contributed by atoms with Crippen molar-refractivity contribution in [1.82, 2.24) is 5.32 Å². The summed E-state index contributed by atoms with van der Waals surface area (Å²) in [7, 11) is 1.81. The van der Waals surface area contributed by atoms with Crippen LogP contribution in [-0.2, 0) is 16.2 Å². The van der Waals surface area contributed by atoms with Gasteiger partial charge >= 0.3 is 0 Å². The second kappa shape index (κ2) is 11.1. The number of ether oxygens (including phenoxy) is 1. The van der Waals surface area contributed by atoms with Crippen LogP contribution in [0.1, 0.15) is 24.7 Å². The predicted octanol–water partition coefficient (Wildman–Crippen LogP) is -0.843. The van der Waals surface area contributed by atoms with Crippen LogP contribution >= 0.6 is 0 Å². The molecule has 1 aromatic carbocycles. The molecule has 0 saturated heterocycles. The maximum Gasteiger partial charge on any atom is 0.192 e. The Kier molecular flexibility index (Phi) is 8.66. The summed E-state index contributed by atoms with van der Waals surface area (Å²) in [5.41, 5.74) is 0.140. The van der Waals surface area contributed by atoms with E-state index in [9.17, 15) is 25.2 Å². The molecule has 6 N–H and O–H groups in total. The third kappa shape index (κ3) is 5.75. The van der Waals surface area contributed by atoms with E-state index in [1.807, 2.05) is 6.92 Å². The first-order chi connectivity index (χ1) is 16.1. The van der Waals surface area contributed by atoms with Crippen LogP contribution in [0, 0.1) is 6.92 Å². The summed E-state index contributed by atoms with van der Waals surface area (Å²) >= 11 is 0. The molecule has 0 aliphatic carbocycles. The summed E-state index contributed by atoms with van der Waals surface area (Å²) in [6, 6.07) is 4.82. The number of aliphatic hydroxyl groups excluding tert-OH is 5. The molecule has 11 heteroatoms. The first kappa shape index (κ1) is 26.5. The number of benzene rings is 1. The molecular formula is C23H33NO10. The van der Waals surface area contributed by atoms with Crippen LogP contribution in [0.3, 0.4) is 0 Å². The number of hydrogen-bond acceptors (Lipinski definition) is 11. The molecule has 0 bridgehead atoms. The van der Waals surface area contributed by atoms with E-state index in [1.165, 1.54) is 6.07 Å². The molecule has 1 aliphatic heterocycles. The Hall–Kier alpha value is -2.09. The normalized spacial score (nSPS) is 23.7. The smallest absolute Gasteiger partial charge is 0.192 e. The molecule has 2 aromatic rings. The first-order valence-electron chi connectivity index (χ1n) is 11.1. The standard InChI is InChI=1S/C23H33NO10/c1-12-6-15(26)14-7-13-8-20(34-31-11-17(28)22(30)21(29)16(27)10-25)23(2,4-5-24-3)33-18(13)9-19(14)32-12/h6-7,9,16-17,20-22,24-25,27-30H,4-5,8,10-11H2,1-3H3. The predicted molar refractivity (Wildman–Crippen MR) is 120 cm³/mol. The van der Waals surface area contributed by atoms with Crippen LogP contribution < -0.4 is 15.5 Å². The van der Waals surface area contributed by atoms with Crippen molar-refractivity contribution in [2.24, 2.45) is 0 Å². The molecular weight excluding hydrogens is 450 g/mol. The summed E-state index contributed by atoms with van der Waals surface area (Å²) < 4.78 is 12.0. The fraction of sp³-hybridized carbons (Fsp3) is 0.609. The number of rotatable bonds is 11. The molecule has 0 saturated carbocycles. The molecule has 0 fully saturated rings. The highest BCUT2D eigenvalue weighted by Gasteiger charge is 2.43. The van der Waals surface area contributed by atoms with Crippen LogP contribution in [0.25, 0.3) is 11.0 Å². The van der Waals surface area contributed by atoms with Gasteiger partial charge in [-0.05, 0) is 39.1 Å². The van der Waals surface area contributed by atoms with Gasteiger partial charge in [0, 0.05) is 25.0 Å². The second-order valence-corrected chi connectivity index (χ2v) is 8.82. The van der Waals surface area contributed by atoms with Crippen LogP contribution in [-0.4, -0.2) is 88.5 Å². The van der Waals surface area contributed by atoms with Gasteiger partial charge in [-0.25, -0.2) is 9.78 Å². The molecule has 0 amide bonds. The minimum atomic E-state index is -1.77. The van der Waals surface area contributed by atoms with E-state index in [2.05, 4.69) is 5.32 Å². The maximum absolute atomic E-state index is 12.4. The van der Waals surface area contributed by atoms with Gasteiger partial charge in [-0.15, -0.1) is 0 Å². The van der Waals surface area contributed by atoms with Gasteiger partial charge in [0.2, 0.25) is 0 Å². The lowest BCUT2D eigenvalue weighted by molar-refractivity contribution is -0.360. The monoisotopic (exact) mass is 483 g/mol. The van der Waals surface area contributed by atoms with Crippen LogP contribution in [0.4, 0.5) is 0 Å². The van der Waals surface area contributed by atoms with Crippen molar-refractivity contribution >= 4 is 11.0 Å². The van der Waals surface area contributed by atoms with Crippen molar-refractivity contribution in [2.45, 2.75) is 62.8 Å². The molecule has 0 radical (unpaired) electrons. The van der Waals surface area contributed by atoms with E-state index in [0.717, 1.165) is 5.56 Å². The fourth-order valence-corrected chi connectivity index (χ4v) is 3.91. The Morgan fingerprint density at radius 2 is 1.88 bits per heavy atom. The van der Waals surface area contributed by atoms with Crippen LogP contribution in [0.2, 0.25) is 0 Å². The number of aryl methyl sites for hydroxylation is 1. The van der Waals surface area contributed by atoms with Crippen molar-refractivity contribution in [3.63, 3.8) is 0 Å². The molecule has 34 heavy (non-hydrogen) atoms. The molecule has 1 aliphatic rings. The van der Waals surface area contributed by atoms with E-state index < -0.39 is 49.3 Å². The highest BCUT2D eigenvalue weighted by molar-refractivity contribution is 5.79. The Balaban J connectivity index is 1.77. The summed E-state index contributed by atoms with van der Waals surface area (Å²) in [5, 5.41) is 51.6. The highest BCUT2D eigenvalue weighted by Crippen LogP contribution is 2.38. The number of fused-ring (bicyclic) bond motifs is 2. The number of nitrogens with one attached hydrogen (secondary N) is 1. The largest absolute Gasteiger partial charge is 0.484 e. The second-order valence-electron chi connectivity index (χ2n) is 8.82. The van der Waals surface area contributed by atoms with Gasteiger partial charge in [0.15, 0.2) is 5.43 Å². The van der Waals surface area contributed by atoms with Crippen molar-refractivity contribution < 1.29 is 44.5 Å². The number of hydrogen-bond donors (Lipinski definition) is 6. The van der Waals surface area contributed by atoms with E-state index in [1.54, 1.807) is 26.1 Å². The Labute approximate surface area is 196 Å². The van der Waals surface area contributed by atoms with E-state index in [4.69, 9.17) is 24.0 Å². The zero-order valence-electron chi connectivity index (χ0n) is 19.4. The van der Waals surface area contributed by atoms with E-state index >= 15 is 0 Å². The highest BCUT2D eigenvalue weighted by atomic mass is 17.2. The summed E-state index contributed by atoms with van der Waals surface area (Å²) in [5.74, 6) is 1.06. The van der Waals surface area contributed by atoms with Gasteiger partial charge in [0.25, 0.3) is 0 Å². The lowest BCUT2D eigenvalue weighted by Crippen LogP contribution is -2.52. The summed E-state index contributed by atoms with van der Waals surface area (Å²) in [4.78, 5) is 23.2. The van der Waals surface area contributed by atoms with Crippen molar-refractivity contribution in [2.75, 3.05) is 26.8 Å². The van der Waals surface area contributed by atoms with Crippen LogP contribution in [0.15, 0.2) is 27.4 Å². The zero-order chi connectivity index (χ0) is 25.0. The number of aliphatic hydroxyl groups is 5. The van der Waals surface area contributed by atoms with Gasteiger partial charge in [0.05, 0.1) is 12.0 Å². The zero-order valence-corrected chi connectivity index (χ0v) is 19.4. The summed E-state index contributed by atoms with van der Waals surface area (Å²) in [6.07, 6.45) is -6.50. The van der Waals surface area contributed by atoms with Crippen molar-refractivity contribution in [3.8, 4) is 5.75 Å². The third-order valence-corrected chi connectivity index (χ3v) is 6.08. The molecule has 1 aromatic heterocycles. The van der Waals surface area contributed by atoms with Gasteiger partial charge in [-0.3, -0.25) is 4.79 Å². The molecule has 2 heterocycles. The van der Waals surface area contributed by atoms with Gasteiger partial charge < -0.3 is 40.0 Å². The third-order valence-electron chi connectivity index (χ3n) is 6.08. The lowest BCUT2D eigenvalue weighted by atomic mass is 9.86. The van der Waals surface area contributed by atoms with E-state index in [-0.39, 0.29) is 5.43 Å². The lowest BCUT2D eigenvalue weighted by Gasteiger charge is -2.41. The SMILES string of the molecule is CNCCC1(C)Oc2cc3oc(C)cc(=O)c3cc2CC1OOCC(O)C(O)C(O)C(O)CO. The first-order valence-corrected chi connectivity index (χ1v) is 11.1. The molecule has 0 spiro atoms. The average Bonchev–Trinajstić information content (AvgIpc) is 2.80. The van der Waals surface area contributed by atoms with Gasteiger partial charge in [-0.2, -0.15) is 0 Å².